The smallest absolute Gasteiger partial charge is 0.744 e. The number of ether oxygens (including phenoxy) is 1. The molecule has 6 rings (SSSR count). The molecule has 294 valence electrons. The summed E-state index contributed by atoms with van der Waals surface area (Å²) in [6, 6.07) is 16.3. The van der Waals surface area contributed by atoms with Crippen LogP contribution in [0.3, 0.4) is 0 Å². The van der Waals surface area contributed by atoms with E-state index in [1.54, 1.807) is 24.3 Å². The van der Waals surface area contributed by atoms with Gasteiger partial charge in [-0.2, -0.15) is 10.2 Å². The van der Waals surface area contributed by atoms with Gasteiger partial charge < -0.3 is 29.0 Å². The quantitative estimate of drug-likeness (QED) is 0.0657. The predicted molar refractivity (Wildman–Crippen MR) is 204 cm³/mol. The Labute approximate surface area is 409 Å². The zero-order valence-electron chi connectivity index (χ0n) is 32.1. The van der Waals surface area contributed by atoms with Gasteiger partial charge in [-0.25, -0.2) is 30.0 Å². The van der Waals surface area contributed by atoms with Crippen molar-refractivity contribution >= 4 is 94.3 Å². The number of amides is 2. The minimum absolute atomic E-state index is 0. The molecule has 2 amide bonds. The Kier molecular flexibility index (Phi) is 17.0. The summed E-state index contributed by atoms with van der Waals surface area (Å²) < 4.78 is 112. The summed E-state index contributed by atoms with van der Waals surface area (Å²) in [5, 5.41) is 12.7. The zero-order valence-corrected chi connectivity index (χ0v) is 40.5. The van der Waals surface area contributed by atoms with Crippen molar-refractivity contribution in [2.75, 3.05) is 28.6 Å². The molecular formula is C35H25N6Na3O13S3. The van der Waals surface area contributed by atoms with Crippen LogP contribution >= 0.6 is 0 Å². The fourth-order valence-corrected chi connectivity index (χ4v) is 7.45. The number of methoxy groups -OCH3 is 1. The number of carbonyl (C=O) groups is 3. The number of allylic oxidation sites excluding steroid dienone is 2. The van der Waals surface area contributed by atoms with E-state index in [-0.39, 0.29) is 139 Å². The molecule has 4 N–H and O–H groups in total. The number of hydrogen-bond acceptors (Lipinski definition) is 17. The van der Waals surface area contributed by atoms with Crippen LogP contribution in [0.15, 0.2) is 104 Å². The number of ketones is 2. The summed E-state index contributed by atoms with van der Waals surface area (Å²) in [6.07, 6.45) is 1.81. The van der Waals surface area contributed by atoms with Gasteiger partial charge in [-0.15, -0.1) is 0 Å². The molecule has 0 unspecified atom stereocenters. The third-order valence-electron chi connectivity index (χ3n) is 8.29. The number of fused-ring (bicyclic) bond motifs is 2. The largest absolute Gasteiger partial charge is 1.00 e. The van der Waals surface area contributed by atoms with Crippen LogP contribution in [0.1, 0.15) is 37.4 Å². The maximum absolute atomic E-state index is 13.4. The molecule has 25 heteroatoms. The molecule has 0 heterocycles. The molecule has 0 fully saturated rings. The van der Waals surface area contributed by atoms with E-state index in [9.17, 15) is 53.3 Å². The Balaban J connectivity index is 0.00000320. The Morgan fingerprint density at radius 3 is 1.52 bits per heavy atom. The van der Waals surface area contributed by atoms with Gasteiger partial charge in [0.25, 0.3) is 0 Å². The van der Waals surface area contributed by atoms with E-state index in [1.165, 1.54) is 50.4 Å². The molecular weight excluding hydrogens is 878 g/mol. The van der Waals surface area contributed by atoms with E-state index in [2.05, 4.69) is 31.7 Å². The van der Waals surface area contributed by atoms with Crippen molar-refractivity contribution < 1.29 is 147 Å². The van der Waals surface area contributed by atoms with Crippen molar-refractivity contribution in [3.8, 4) is 5.75 Å². The number of hydrogen-bond donors (Lipinski definition) is 4. The van der Waals surface area contributed by atoms with Crippen LogP contribution in [0, 0.1) is 6.92 Å². The number of hydrazone groups is 2. The van der Waals surface area contributed by atoms with Crippen molar-refractivity contribution in [1.82, 2.24) is 0 Å². The number of urea groups is 1. The number of aryl methyl sites for hydroxylation is 1. The molecule has 4 aromatic rings. The second-order valence-electron chi connectivity index (χ2n) is 12.0. The summed E-state index contributed by atoms with van der Waals surface area (Å²) in [5.41, 5.74) is 3.90. The maximum Gasteiger partial charge on any atom is 1.00 e. The van der Waals surface area contributed by atoms with Gasteiger partial charge in [-0.1, -0.05) is 12.1 Å². The number of nitrogens with one attached hydrogen (secondary N) is 4. The zero-order chi connectivity index (χ0) is 41.4. The summed E-state index contributed by atoms with van der Waals surface area (Å²) in [7, 11) is -13.9. The van der Waals surface area contributed by atoms with Crippen molar-refractivity contribution in [1.29, 1.82) is 0 Å². The van der Waals surface area contributed by atoms with E-state index in [1.807, 2.05) is 0 Å². The fourth-order valence-electron chi connectivity index (χ4n) is 5.60. The van der Waals surface area contributed by atoms with Gasteiger partial charge in [0.2, 0.25) is 11.6 Å². The van der Waals surface area contributed by atoms with Crippen LogP contribution in [0.4, 0.5) is 27.5 Å². The first kappa shape index (κ1) is 50.8. The van der Waals surface area contributed by atoms with Crippen LogP contribution < -0.4 is 115 Å². The number of benzene rings is 4. The number of nitrogens with zero attached hydrogens (tertiary/aromatic N) is 2. The van der Waals surface area contributed by atoms with Gasteiger partial charge in [-0.05, 0) is 102 Å². The van der Waals surface area contributed by atoms with E-state index in [0.717, 1.165) is 30.4 Å². The SMILES string of the molecule is COc1ccccc1N/N=C1/C(=O)c2ccc(NC(=O)Nc3ccc4c(c3)C=C(S(=O)(=O)[O-])/C(=N/Nc3ccc(S(=O)(=O)[O-])cc3C)C4=O)cc2C=C1S(=O)(=O)[O-].[Na+].[Na+].[Na+]. The van der Waals surface area contributed by atoms with Gasteiger partial charge in [0.1, 0.15) is 47.5 Å². The first-order valence-electron chi connectivity index (χ1n) is 15.9. The first-order valence-corrected chi connectivity index (χ1v) is 20.2. The monoisotopic (exact) mass is 902 g/mol. The molecule has 0 radical (unpaired) electrons. The van der Waals surface area contributed by atoms with Gasteiger partial charge in [0, 0.05) is 22.5 Å². The summed E-state index contributed by atoms with van der Waals surface area (Å²) in [4.78, 5) is 37.3. The number of anilines is 4. The van der Waals surface area contributed by atoms with E-state index >= 15 is 0 Å². The van der Waals surface area contributed by atoms with E-state index < -0.39 is 74.1 Å². The first-order chi connectivity index (χ1) is 26.7. The second-order valence-corrected chi connectivity index (χ2v) is 16.1. The number of para-hydroxylation sites is 2. The second kappa shape index (κ2) is 20.1. The van der Waals surface area contributed by atoms with Crippen LogP contribution in [-0.4, -0.2) is 75.0 Å². The average Bonchev–Trinajstić information content (AvgIpc) is 3.13. The van der Waals surface area contributed by atoms with Crippen molar-refractivity contribution in [2.45, 2.75) is 11.8 Å². The molecule has 2 aliphatic carbocycles. The van der Waals surface area contributed by atoms with Crippen LogP contribution in [0.5, 0.6) is 5.75 Å². The normalized spacial score (nSPS) is 14.8. The van der Waals surface area contributed by atoms with Crippen molar-refractivity contribution in [3.63, 3.8) is 0 Å². The molecule has 0 saturated carbocycles. The Bertz CT molecular complexity index is 2900. The fraction of sp³-hybridized carbons (Fsp3) is 0.0571. The van der Waals surface area contributed by atoms with Crippen molar-refractivity contribution in [3.05, 3.63) is 116 Å². The van der Waals surface area contributed by atoms with E-state index in [4.69, 9.17) is 4.74 Å². The number of Topliss-reactive ketones (excluding diaryl/α,β-unsaturated/α-hetero) is 2. The molecule has 4 aromatic carbocycles. The molecule has 0 aromatic heterocycles. The van der Waals surface area contributed by atoms with Crippen molar-refractivity contribution in [2.24, 2.45) is 10.2 Å². The van der Waals surface area contributed by atoms with Gasteiger partial charge >= 0.3 is 94.7 Å². The van der Waals surface area contributed by atoms with E-state index in [0.29, 0.717) is 5.75 Å². The topological polar surface area (TPSA) is 305 Å². The Hall–Kier alpha value is -3.56. The minimum atomic E-state index is -5.32. The molecule has 19 nitrogen and oxygen atoms in total. The number of rotatable bonds is 10. The summed E-state index contributed by atoms with van der Waals surface area (Å²) in [5.74, 6) is -1.56. The molecule has 0 spiro atoms. The molecule has 0 bridgehead atoms. The molecule has 60 heavy (non-hydrogen) atoms. The van der Waals surface area contributed by atoms with Gasteiger partial charge in [0.05, 0.1) is 33.2 Å². The minimum Gasteiger partial charge on any atom is -0.744 e. The summed E-state index contributed by atoms with van der Waals surface area (Å²) in [6.45, 7) is 1.41. The predicted octanol–water partition coefficient (Wildman–Crippen LogP) is -5.34. The molecule has 2 aliphatic rings. The molecule has 0 saturated heterocycles. The number of carbonyl (C=O) groups excluding carboxylic acids is 3. The summed E-state index contributed by atoms with van der Waals surface area (Å²) >= 11 is 0. The average molecular weight is 903 g/mol. The third kappa shape index (κ3) is 11.5. The van der Waals surface area contributed by atoms with Crippen LogP contribution in [0.2, 0.25) is 0 Å². The van der Waals surface area contributed by atoms with Gasteiger partial charge in [0.15, 0.2) is 0 Å². The van der Waals surface area contributed by atoms with Crippen LogP contribution in [-0.2, 0) is 30.4 Å². The Morgan fingerprint density at radius 1 is 0.617 bits per heavy atom. The third-order valence-corrected chi connectivity index (χ3v) is 10.8. The molecule has 0 atom stereocenters. The Morgan fingerprint density at radius 2 is 1.08 bits per heavy atom. The van der Waals surface area contributed by atoms with Crippen LogP contribution in [0.25, 0.3) is 12.2 Å². The maximum atomic E-state index is 13.4. The standard InChI is InChI=1S/C35H28N6O13S3.3Na/c1-18-13-23(55(45,46)47)9-12-26(18)38-40-31-29(56(48,49)50)16-19-14-21(7-10-24(19)33(31)42)36-35(44)37-22-8-11-25-20(15-22)17-30(57(51,52)53)32(34(25)43)41-39-27-5-3-4-6-28(27)54-2;;;/h3-17,38-39H,1-2H3,(H2,36,37,44)(H,45,46,47)(H,48,49,50)(H,51,52,53);;;/q;3*+1/p-3/b40-31-,41-32+;;;. The van der Waals surface area contributed by atoms with Gasteiger partial charge in [-0.3, -0.25) is 20.4 Å². The molecule has 0 aliphatic heterocycles.